The number of hydrogen-bond acceptors (Lipinski definition) is 4. The first-order valence-corrected chi connectivity index (χ1v) is 7.55. The molecule has 2 rings (SSSR count). The smallest absolute Gasteiger partial charge is 0.413 e. The maximum Gasteiger partial charge on any atom is 0.413 e. The first-order valence-electron chi connectivity index (χ1n) is 6.33. The zero-order valence-electron chi connectivity index (χ0n) is 12.1. The van der Waals surface area contributed by atoms with Crippen molar-refractivity contribution in [3.05, 3.63) is 30.3 Å². The van der Waals surface area contributed by atoms with Crippen LogP contribution in [0.3, 0.4) is 0 Å². The lowest BCUT2D eigenvalue weighted by Crippen LogP contribution is -2.27. The van der Waals surface area contributed by atoms with Crippen molar-refractivity contribution < 1.29 is 9.53 Å². The van der Waals surface area contributed by atoms with Crippen molar-refractivity contribution in [2.45, 2.75) is 31.3 Å². The highest BCUT2D eigenvalue weighted by Crippen LogP contribution is 2.28. The first kappa shape index (κ1) is 14.7. The fourth-order valence-electron chi connectivity index (χ4n) is 1.74. The minimum atomic E-state index is -0.527. The van der Waals surface area contributed by atoms with Gasteiger partial charge < -0.3 is 4.74 Å². The fraction of sp³-hybridized carbons (Fsp3) is 0.333. The Labute approximate surface area is 122 Å². The van der Waals surface area contributed by atoms with E-state index >= 15 is 0 Å². The molecule has 0 fully saturated rings. The number of carbonyl (C=O) groups is 1. The van der Waals surface area contributed by atoms with E-state index in [9.17, 15) is 4.79 Å². The lowest BCUT2D eigenvalue weighted by atomic mass is 10.2. The summed E-state index contributed by atoms with van der Waals surface area (Å²) in [5.74, 6) is 0.533. The summed E-state index contributed by atoms with van der Waals surface area (Å²) in [4.78, 5) is 17.2. The largest absolute Gasteiger partial charge is 0.444 e. The van der Waals surface area contributed by atoms with Gasteiger partial charge in [0.25, 0.3) is 0 Å². The predicted octanol–water partition coefficient (Wildman–Crippen LogP) is 4.30. The van der Waals surface area contributed by atoms with Crippen molar-refractivity contribution in [1.82, 2.24) is 4.98 Å². The highest BCUT2D eigenvalue weighted by atomic mass is 32.2. The van der Waals surface area contributed by atoms with Gasteiger partial charge in [-0.25, -0.2) is 9.78 Å². The summed E-state index contributed by atoms with van der Waals surface area (Å²) in [7, 11) is 0. The van der Waals surface area contributed by atoms with Crippen LogP contribution in [0.1, 0.15) is 20.8 Å². The molecule has 0 bridgehead atoms. The van der Waals surface area contributed by atoms with Gasteiger partial charge in [-0.2, -0.15) is 0 Å². The second-order valence-electron chi connectivity index (χ2n) is 5.36. The quantitative estimate of drug-likeness (QED) is 0.838. The Hall–Kier alpha value is -1.75. The standard InChI is InChI=1S/C15H18N2O2S/c1-15(2,3)19-14(18)17-13-12(20-4)9-10-7-5-6-8-11(10)16-13/h5-9H,1-4H3,(H,16,17,18). The van der Waals surface area contributed by atoms with Gasteiger partial charge in [-0.3, -0.25) is 5.32 Å². The number of fused-ring (bicyclic) bond motifs is 1. The molecule has 4 nitrogen and oxygen atoms in total. The highest BCUT2D eigenvalue weighted by Gasteiger charge is 2.18. The number of hydrogen-bond donors (Lipinski definition) is 1. The van der Waals surface area contributed by atoms with Gasteiger partial charge in [0.1, 0.15) is 11.4 Å². The molecule has 0 saturated heterocycles. The van der Waals surface area contributed by atoms with E-state index in [2.05, 4.69) is 10.3 Å². The van der Waals surface area contributed by atoms with Crippen LogP contribution >= 0.6 is 11.8 Å². The molecule has 1 amide bonds. The average Bonchev–Trinajstić information content (AvgIpc) is 2.35. The van der Waals surface area contributed by atoms with E-state index in [4.69, 9.17) is 4.74 Å². The van der Waals surface area contributed by atoms with Crippen molar-refractivity contribution in [1.29, 1.82) is 0 Å². The third kappa shape index (κ3) is 3.63. The number of nitrogens with one attached hydrogen (secondary N) is 1. The van der Waals surface area contributed by atoms with Crippen LogP contribution in [-0.2, 0) is 4.74 Å². The van der Waals surface area contributed by atoms with Crippen LogP contribution in [0.25, 0.3) is 10.9 Å². The van der Waals surface area contributed by atoms with E-state index in [0.717, 1.165) is 15.8 Å². The van der Waals surface area contributed by atoms with E-state index in [0.29, 0.717) is 5.82 Å². The fourth-order valence-corrected chi connectivity index (χ4v) is 2.28. The average molecular weight is 290 g/mol. The Morgan fingerprint density at radius 2 is 2.00 bits per heavy atom. The minimum Gasteiger partial charge on any atom is -0.444 e. The van der Waals surface area contributed by atoms with Gasteiger partial charge in [-0.15, -0.1) is 11.8 Å². The number of carbonyl (C=O) groups excluding carboxylic acids is 1. The highest BCUT2D eigenvalue weighted by molar-refractivity contribution is 7.98. The maximum atomic E-state index is 11.8. The van der Waals surface area contributed by atoms with Crippen LogP contribution in [-0.4, -0.2) is 22.9 Å². The van der Waals surface area contributed by atoms with Gasteiger partial charge in [-0.1, -0.05) is 18.2 Å². The summed E-state index contributed by atoms with van der Waals surface area (Å²) in [5, 5.41) is 3.76. The number of benzene rings is 1. The van der Waals surface area contributed by atoms with Crippen LogP contribution in [0.4, 0.5) is 10.6 Å². The van der Waals surface area contributed by atoms with Crippen LogP contribution in [0.5, 0.6) is 0 Å². The molecule has 20 heavy (non-hydrogen) atoms. The zero-order valence-corrected chi connectivity index (χ0v) is 12.9. The molecule has 2 aromatic rings. The molecule has 0 aliphatic rings. The Balaban J connectivity index is 2.31. The molecule has 0 unspecified atom stereocenters. The first-order chi connectivity index (χ1) is 9.39. The number of ether oxygens (including phenoxy) is 1. The van der Waals surface area contributed by atoms with E-state index in [1.165, 1.54) is 11.8 Å². The van der Waals surface area contributed by atoms with Crippen LogP contribution in [0.15, 0.2) is 35.2 Å². The van der Waals surface area contributed by atoms with E-state index in [1.807, 2.05) is 57.4 Å². The van der Waals surface area contributed by atoms with Crippen molar-refractivity contribution in [3.8, 4) is 0 Å². The third-order valence-corrected chi connectivity index (χ3v) is 3.28. The van der Waals surface area contributed by atoms with Gasteiger partial charge >= 0.3 is 6.09 Å². The van der Waals surface area contributed by atoms with Gasteiger partial charge in [0, 0.05) is 5.39 Å². The number of nitrogens with zero attached hydrogens (tertiary/aromatic N) is 1. The molecule has 5 heteroatoms. The molecular weight excluding hydrogens is 272 g/mol. The zero-order chi connectivity index (χ0) is 14.8. The van der Waals surface area contributed by atoms with Crippen LogP contribution < -0.4 is 5.32 Å². The molecule has 1 aromatic heterocycles. The monoisotopic (exact) mass is 290 g/mol. The Morgan fingerprint density at radius 3 is 2.65 bits per heavy atom. The van der Waals surface area contributed by atoms with E-state index in [-0.39, 0.29) is 0 Å². The number of para-hydroxylation sites is 1. The molecule has 1 aromatic carbocycles. The summed E-state index contributed by atoms with van der Waals surface area (Å²) < 4.78 is 5.25. The van der Waals surface area contributed by atoms with Crippen LogP contribution in [0.2, 0.25) is 0 Å². The van der Waals surface area contributed by atoms with Gasteiger partial charge in [0.15, 0.2) is 0 Å². The Kier molecular flexibility index (Phi) is 4.18. The number of amides is 1. The van der Waals surface area contributed by atoms with Crippen molar-refractivity contribution >= 4 is 34.6 Å². The number of pyridine rings is 1. The molecule has 0 spiro atoms. The topological polar surface area (TPSA) is 51.2 Å². The molecule has 106 valence electrons. The van der Waals surface area contributed by atoms with Gasteiger partial charge in [0.2, 0.25) is 0 Å². The summed E-state index contributed by atoms with van der Waals surface area (Å²) in [6, 6.07) is 9.82. The second-order valence-corrected chi connectivity index (χ2v) is 6.21. The normalized spacial score (nSPS) is 11.4. The summed E-state index contributed by atoms with van der Waals surface area (Å²) in [5.41, 5.74) is 0.317. The molecule has 0 atom stereocenters. The van der Waals surface area contributed by atoms with E-state index < -0.39 is 11.7 Å². The SMILES string of the molecule is CSc1cc2ccccc2nc1NC(=O)OC(C)(C)C. The minimum absolute atomic E-state index is 0.490. The molecule has 1 N–H and O–H groups in total. The van der Waals surface area contributed by atoms with Crippen molar-refractivity contribution in [3.63, 3.8) is 0 Å². The van der Waals surface area contributed by atoms with Gasteiger partial charge in [0.05, 0.1) is 10.4 Å². The molecule has 0 radical (unpaired) electrons. The Bertz CT molecular complexity index is 635. The summed E-state index contributed by atoms with van der Waals surface area (Å²) in [6.45, 7) is 5.49. The third-order valence-electron chi connectivity index (χ3n) is 2.53. The summed E-state index contributed by atoms with van der Waals surface area (Å²) in [6.07, 6.45) is 1.46. The van der Waals surface area contributed by atoms with Gasteiger partial charge in [-0.05, 0) is 39.2 Å². The molecule has 1 heterocycles. The molecular formula is C15H18N2O2S. The number of rotatable bonds is 2. The lowest BCUT2D eigenvalue weighted by molar-refractivity contribution is 0.0635. The Morgan fingerprint density at radius 1 is 1.30 bits per heavy atom. The lowest BCUT2D eigenvalue weighted by Gasteiger charge is -2.20. The number of thioether (sulfide) groups is 1. The maximum absolute atomic E-state index is 11.8. The summed E-state index contributed by atoms with van der Waals surface area (Å²) >= 11 is 1.54. The van der Waals surface area contributed by atoms with Crippen LogP contribution in [0, 0.1) is 0 Å². The van der Waals surface area contributed by atoms with Crippen molar-refractivity contribution in [2.24, 2.45) is 0 Å². The molecule has 0 saturated carbocycles. The number of aromatic nitrogens is 1. The number of anilines is 1. The molecule has 0 aliphatic carbocycles. The predicted molar refractivity (Wildman–Crippen MR) is 83.4 cm³/mol. The molecule has 0 aliphatic heterocycles. The van der Waals surface area contributed by atoms with Crippen molar-refractivity contribution in [2.75, 3.05) is 11.6 Å². The second kappa shape index (κ2) is 5.71. The van der Waals surface area contributed by atoms with E-state index in [1.54, 1.807) is 0 Å².